The van der Waals surface area contributed by atoms with Gasteiger partial charge in [-0.15, -0.1) is 0 Å². The molecule has 1 fully saturated rings. The van der Waals surface area contributed by atoms with Gasteiger partial charge in [0.1, 0.15) is 19.0 Å². The Morgan fingerprint density at radius 3 is 2.28 bits per heavy atom. The molecule has 0 spiro atoms. The van der Waals surface area contributed by atoms with Crippen LogP contribution < -0.4 is 14.2 Å². The molecule has 1 saturated heterocycles. The minimum atomic E-state index is -0.344. The molecule has 0 unspecified atom stereocenters. The molecule has 0 saturated carbocycles. The molecule has 0 N–H and O–H groups in total. The number of hydrogen-bond acceptors (Lipinski definition) is 6. The third-order valence-corrected chi connectivity index (χ3v) is 7.74. The van der Waals surface area contributed by atoms with E-state index < -0.39 is 0 Å². The first-order valence-electron chi connectivity index (χ1n) is 12.3. The van der Waals surface area contributed by atoms with Gasteiger partial charge in [0.2, 0.25) is 0 Å². The summed E-state index contributed by atoms with van der Waals surface area (Å²) in [5.41, 5.74) is 2.84. The average molecular weight is 631 g/mol. The summed E-state index contributed by atoms with van der Waals surface area (Å²) < 4.78 is 18.0. The van der Waals surface area contributed by atoms with E-state index in [-0.39, 0.29) is 23.1 Å². The maximum atomic E-state index is 13.0. The first kappa shape index (κ1) is 29.1. The predicted octanol–water partition coefficient (Wildman–Crippen LogP) is 8.10. The van der Waals surface area contributed by atoms with Crippen LogP contribution in [-0.4, -0.2) is 36.4 Å². The molecule has 2 amide bonds. The van der Waals surface area contributed by atoms with Crippen molar-refractivity contribution in [1.82, 2.24) is 4.90 Å². The number of imide groups is 1. The lowest BCUT2D eigenvalue weighted by Gasteiger charge is -2.19. The lowest BCUT2D eigenvalue weighted by atomic mass is 9.87. The first-order valence-corrected chi connectivity index (χ1v) is 14.3. The Labute approximate surface area is 246 Å². The quantitative estimate of drug-likeness (QED) is 0.176. The van der Waals surface area contributed by atoms with Gasteiger partial charge < -0.3 is 14.2 Å². The number of thioether (sulfide) groups is 1. The predicted molar refractivity (Wildman–Crippen MR) is 160 cm³/mol. The molecule has 1 heterocycles. The second-order valence-electron chi connectivity index (χ2n) is 9.90. The zero-order valence-electron chi connectivity index (χ0n) is 22.1. The Bertz CT molecular complexity index is 1380. The highest BCUT2D eigenvalue weighted by molar-refractivity contribution is 9.10. The zero-order valence-corrected chi connectivity index (χ0v) is 25.3. The van der Waals surface area contributed by atoms with Crippen molar-refractivity contribution in [3.63, 3.8) is 0 Å². The van der Waals surface area contributed by atoms with E-state index >= 15 is 0 Å². The number of hydrogen-bond donors (Lipinski definition) is 0. The normalized spacial score (nSPS) is 14.7. The fourth-order valence-corrected chi connectivity index (χ4v) is 5.42. The molecule has 3 aromatic rings. The van der Waals surface area contributed by atoms with E-state index in [4.69, 9.17) is 25.8 Å². The van der Waals surface area contributed by atoms with Gasteiger partial charge >= 0.3 is 0 Å². The molecule has 0 aliphatic carbocycles. The van der Waals surface area contributed by atoms with E-state index in [2.05, 4.69) is 48.8 Å². The van der Waals surface area contributed by atoms with Crippen molar-refractivity contribution in [2.75, 3.05) is 20.3 Å². The van der Waals surface area contributed by atoms with E-state index in [0.29, 0.717) is 44.7 Å². The van der Waals surface area contributed by atoms with Crippen LogP contribution in [-0.2, 0) is 16.8 Å². The summed E-state index contributed by atoms with van der Waals surface area (Å²) in [7, 11) is 1.55. The van der Waals surface area contributed by atoms with Gasteiger partial charge in [-0.2, -0.15) is 0 Å². The molecule has 9 heteroatoms. The van der Waals surface area contributed by atoms with E-state index in [1.54, 1.807) is 43.5 Å². The van der Waals surface area contributed by atoms with Crippen LogP contribution in [0.2, 0.25) is 5.02 Å². The molecule has 0 atom stereocenters. The summed E-state index contributed by atoms with van der Waals surface area (Å²) in [5, 5.41) is 0.276. The molecule has 1 aliphatic heterocycles. The van der Waals surface area contributed by atoms with Gasteiger partial charge in [-0.25, -0.2) is 0 Å². The molecule has 39 heavy (non-hydrogen) atoms. The molecule has 1 aliphatic rings. The maximum absolute atomic E-state index is 13.0. The van der Waals surface area contributed by atoms with Crippen molar-refractivity contribution in [3.8, 4) is 17.2 Å². The number of carbonyl (C=O) groups excluding carboxylic acids is 2. The average Bonchev–Trinajstić information content (AvgIpc) is 3.15. The SMILES string of the molecule is COc1cc(/C=C2\SC(=O)N(Cc3ccc(Cl)cc3)C2=O)cc(Br)c1OCCOc1ccc(C(C)(C)C)cc1. The van der Waals surface area contributed by atoms with Gasteiger partial charge in [0.25, 0.3) is 11.1 Å². The van der Waals surface area contributed by atoms with Gasteiger partial charge in [0.05, 0.1) is 23.0 Å². The Morgan fingerprint density at radius 2 is 1.64 bits per heavy atom. The standard InChI is InChI=1S/C30H29BrClNO5S/c1-30(2,3)21-7-11-23(12-8-21)37-13-14-38-27-24(31)15-20(16-25(27)36-4)17-26-28(34)33(29(35)39-26)18-19-5-9-22(32)10-6-19/h5-12,15-17H,13-14,18H2,1-4H3/b26-17-. The number of halogens is 2. The third kappa shape index (κ3) is 7.38. The van der Waals surface area contributed by atoms with Crippen LogP contribution in [0.25, 0.3) is 6.08 Å². The van der Waals surface area contributed by atoms with Crippen LogP contribution in [0.15, 0.2) is 70.0 Å². The van der Waals surface area contributed by atoms with Gasteiger partial charge in [0, 0.05) is 5.02 Å². The van der Waals surface area contributed by atoms with E-state index in [1.807, 2.05) is 18.2 Å². The third-order valence-electron chi connectivity index (χ3n) is 6.00. The topological polar surface area (TPSA) is 65.1 Å². The van der Waals surface area contributed by atoms with Crippen LogP contribution in [0.3, 0.4) is 0 Å². The fraction of sp³-hybridized carbons (Fsp3) is 0.267. The Balaban J connectivity index is 1.39. The molecule has 0 bridgehead atoms. The van der Waals surface area contributed by atoms with E-state index in [1.165, 1.54) is 10.5 Å². The molecule has 3 aromatic carbocycles. The molecule has 4 rings (SSSR count). The largest absolute Gasteiger partial charge is 0.493 e. The zero-order chi connectivity index (χ0) is 28.2. The van der Waals surface area contributed by atoms with Crippen molar-refractivity contribution in [2.24, 2.45) is 0 Å². The molecular weight excluding hydrogens is 602 g/mol. The summed E-state index contributed by atoms with van der Waals surface area (Å²) in [6.45, 7) is 7.36. The maximum Gasteiger partial charge on any atom is 0.293 e. The fourth-order valence-electron chi connectivity index (χ4n) is 3.88. The highest BCUT2D eigenvalue weighted by Crippen LogP contribution is 2.39. The molecule has 6 nitrogen and oxygen atoms in total. The summed E-state index contributed by atoms with van der Waals surface area (Å²) >= 11 is 10.4. The van der Waals surface area contributed by atoms with Crippen LogP contribution >= 0.6 is 39.3 Å². The Morgan fingerprint density at radius 1 is 0.974 bits per heavy atom. The summed E-state index contributed by atoms with van der Waals surface area (Å²) in [6, 6.07) is 18.7. The summed E-state index contributed by atoms with van der Waals surface area (Å²) in [6.07, 6.45) is 1.67. The second kappa shape index (κ2) is 12.5. The highest BCUT2D eigenvalue weighted by atomic mass is 79.9. The van der Waals surface area contributed by atoms with Crippen molar-refractivity contribution >= 4 is 56.5 Å². The summed E-state index contributed by atoms with van der Waals surface area (Å²) in [4.78, 5) is 27.1. The Kier molecular flexibility index (Phi) is 9.31. The van der Waals surface area contributed by atoms with Crippen LogP contribution in [0.4, 0.5) is 4.79 Å². The summed E-state index contributed by atoms with van der Waals surface area (Å²) in [5.74, 6) is 1.45. The van der Waals surface area contributed by atoms with Crippen molar-refractivity contribution in [2.45, 2.75) is 32.7 Å². The number of methoxy groups -OCH3 is 1. The second-order valence-corrected chi connectivity index (χ2v) is 12.2. The molecule has 204 valence electrons. The van der Waals surface area contributed by atoms with E-state index in [0.717, 1.165) is 23.1 Å². The minimum Gasteiger partial charge on any atom is -0.493 e. The van der Waals surface area contributed by atoms with Gasteiger partial charge in [-0.1, -0.05) is 56.6 Å². The number of carbonyl (C=O) groups is 2. The minimum absolute atomic E-state index is 0.0859. The van der Waals surface area contributed by atoms with Crippen molar-refractivity contribution in [3.05, 3.63) is 91.8 Å². The lowest BCUT2D eigenvalue weighted by molar-refractivity contribution is -0.123. The van der Waals surface area contributed by atoms with Crippen LogP contribution in [0, 0.1) is 0 Å². The monoisotopic (exact) mass is 629 g/mol. The smallest absolute Gasteiger partial charge is 0.293 e. The van der Waals surface area contributed by atoms with Crippen LogP contribution in [0.5, 0.6) is 17.2 Å². The number of rotatable bonds is 9. The van der Waals surface area contributed by atoms with Gasteiger partial charge in [0.15, 0.2) is 11.5 Å². The van der Waals surface area contributed by atoms with E-state index in [9.17, 15) is 9.59 Å². The van der Waals surface area contributed by atoms with Crippen molar-refractivity contribution < 1.29 is 23.8 Å². The van der Waals surface area contributed by atoms with Gasteiger partial charge in [-0.05, 0) is 92.3 Å². The van der Waals surface area contributed by atoms with Crippen molar-refractivity contribution in [1.29, 1.82) is 0 Å². The Hall–Kier alpha value is -2.94. The molecular formula is C30H29BrClNO5S. The molecule has 0 aromatic heterocycles. The van der Waals surface area contributed by atoms with Crippen LogP contribution in [0.1, 0.15) is 37.5 Å². The molecule has 0 radical (unpaired) electrons. The van der Waals surface area contributed by atoms with Gasteiger partial charge in [-0.3, -0.25) is 14.5 Å². The first-order chi connectivity index (χ1) is 18.5. The number of nitrogens with zero attached hydrogens (tertiary/aromatic N) is 1. The number of ether oxygens (including phenoxy) is 3. The highest BCUT2D eigenvalue weighted by Gasteiger charge is 2.35. The lowest BCUT2D eigenvalue weighted by Crippen LogP contribution is -2.27. The number of benzene rings is 3. The number of amides is 2.